The van der Waals surface area contributed by atoms with Crippen LogP contribution in [0.3, 0.4) is 0 Å². The maximum atomic E-state index is 5.70. The van der Waals surface area contributed by atoms with Crippen LogP contribution in [-0.4, -0.2) is 38.1 Å². The first-order chi connectivity index (χ1) is 8.22. The van der Waals surface area contributed by atoms with Gasteiger partial charge in [-0.3, -0.25) is 0 Å². The van der Waals surface area contributed by atoms with Crippen LogP contribution in [0.1, 0.15) is 0 Å². The number of rotatable bonds is 5. The van der Waals surface area contributed by atoms with E-state index in [9.17, 15) is 0 Å². The molecule has 0 saturated carbocycles. The largest absolute Gasteiger partial charge is 0.382 e. The fraction of sp³-hybridized carbons (Fsp3) is 0.444. The Morgan fingerprint density at radius 3 is 2.88 bits per heavy atom. The van der Waals surface area contributed by atoms with Gasteiger partial charge in [-0.1, -0.05) is 15.9 Å². The van der Waals surface area contributed by atoms with E-state index in [1.165, 1.54) is 0 Å². The molecule has 0 saturated heterocycles. The molecule has 92 valence electrons. The minimum Gasteiger partial charge on any atom is -0.382 e. The van der Waals surface area contributed by atoms with Crippen LogP contribution < -0.4 is 11.5 Å². The number of anilines is 2. The third kappa shape index (κ3) is 2.64. The molecule has 4 N–H and O–H groups in total. The standard InChI is InChI=1S/C9H13BrN6O/c10-1-3-17-4-2-16-5-13-6-7(11)14-9(12)15-8(6)16/h5H,1-4H2,(H4,11,12,14,15). The van der Waals surface area contributed by atoms with Crippen molar-refractivity contribution in [2.45, 2.75) is 6.54 Å². The zero-order valence-electron chi connectivity index (χ0n) is 9.14. The Morgan fingerprint density at radius 2 is 2.12 bits per heavy atom. The minimum atomic E-state index is 0.151. The second kappa shape index (κ2) is 5.28. The third-order valence-corrected chi connectivity index (χ3v) is 2.53. The molecule has 8 heteroatoms. The highest BCUT2D eigenvalue weighted by molar-refractivity contribution is 9.09. The van der Waals surface area contributed by atoms with Gasteiger partial charge in [0.25, 0.3) is 0 Å². The first-order valence-corrected chi connectivity index (χ1v) is 6.22. The Labute approximate surface area is 106 Å². The van der Waals surface area contributed by atoms with E-state index in [2.05, 4.69) is 30.9 Å². The predicted octanol–water partition coefficient (Wildman–Crippen LogP) is 0.402. The van der Waals surface area contributed by atoms with Crippen molar-refractivity contribution in [3.05, 3.63) is 6.33 Å². The molecule has 0 aliphatic rings. The van der Waals surface area contributed by atoms with Gasteiger partial charge in [-0.15, -0.1) is 0 Å². The minimum absolute atomic E-state index is 0.151. The van der Waals surface area contributed by atoms with E-state index in [0.717, 1.165) is 5.33 Å². The number of hydrogen-bond donors (Lipinski definition) is 2. The second-order valence-corrected chi connectivity index (χ2v) is 4.17. The summed E-state index contributed by atoms with van der Waals surface area (Å²) in [6, 6.07) is 0. The quantitative estimate of drug-likeness (QED) is 0.612. The number of aromatic nitrogens is 4. The smallest absolute Gasteiger partial charge is 0.224 e. The molecule has 0 unspecified atom stereocenters. The average Bonchev–Trinajstić information content (AvgIpc) is 2.68. The van der Waals surface area contributed by atoms with Gasteiger partial charge in [0.2, 0.25) is 5.95 Å². The Kier molecular flexibility index (Phi) is 3.75. The molecule has 0 fully saturated rings. The van der Waals surface area contributed by atoms with Gasteiger partial charge in [0, 0.05) is 11.9 Å². The summed E-state index contributed by atoms with van der Waals surface area (Å²) < 4.78 is 7.21. The number of nitrogen functional groups attached to an aromatic ring is 2. The highest BCUT2D eigenvalue weighted by Gasteiger charge is 2.09. The summed E-state index contributed by atoms with van der Waals surface area (Å²) in [4.78, 5) is 12.1. The van der Waals surface area contributed by atoms with Crippen molar-refractivity contribution in [3.8, 4) is 0 Å². The van der Waals surface area contributed by atoms with Crippen LogP contribution in [0, 0.1) is 0 Å². The molecular weight excluding hydrogens is 288 g/mol. The van der Waals surface area contributed by atoms with Crippen LogP contribution in [0.4, 0.5) is 11.8 Å². The fourth-order valence-corrected chi connectivity index (χ4v) is 1.70. The van der Waals surface area contributed by atoms with Gasteiger partial charge in [-0.25, -0.2) is 4.98 Å². The van der Waals surface area contributed by atoms with E-state index in [-0.39, 0.29) is 5.95 Å². The van der Waals surface area contributed by atoms with Crippen molar-refractivity contribution < 1.29 is 4.74 Å². The summed E-state index contributed by atoms with van der Waals surface area (Å²) in [6.45, 7) is 1.91. The Hall–Kier alpha value is -1.41. The third-order valence-electron chi connectivity index (χ3n) is 2.21. The van der Waals surface area contributed by atoms with Crippen molar-refractivity contribution in [1.82, 2.24) is 19.5 Å². The SMILES string of the molecule is Nc1nc(N)c2ncn(CCOCCBr)c2n1. The summed E-state index contributed by atoms with van der Waals surface area (Å²) in [6.07, 6.45) is 1.66. The van der Waals surface area contributed by atoms with Crippen molar-refractivity contribution >= 4 is 38.9 Å². The Bertz CT molecular complexity index is 513. The van der Waals surface area contributed by atoms with Crippen molar-refractivity contribution in [3.63, 3.8) is 0 Å². The van der Waals surface area contributed by atoms with Crippen molar-refractivity contribution in [2.24, 2.45) is 0 Å². The van der Waals surface area contributed by atoms with Gasteiger partial charge < -0.3 is 20.8 Å². The highest BCUT2D eigenvalue weighted by Crippen LogP contribution is 2.16. The molecule has 17 heavy (non-hydrogen) atoms. The number of imidazole rings is 1. The molecule has 0 atom stereocenters. The second-order valence-electron chi connectivity index (χ2n) is 3.38. The van der Waals surface area contributed by atoms with Gasteiger partial charge in [0.05, 0.1) is 19.5 Å². The van der Waals surface area contributed by atoms with Crippen molar-refractivity contribution in [1.29, 1.82) is 0 Å². The summed E-state index contributed by atoms with van der Waals surface area (Å²) in [5.41, 5.74) is 12.5. The summed E-state index contributed by atoms with van der Waals surface area (Å²) in [5.74, 6) is 0.450. The van der Waals surface area contributed by atoms with E-state index in [0.29, 0.717) is 36.7 Å². The van der Waals surface area contributed by atoms with Gasteiger partial charge >= 0.3 is 0 Å². The van der Waals surface area contributed by atoms with Crippen LogP contribution >= 0.6 is 15.9 Å². The first-order valence-electron chi connectivity index (χ1n) is 5.10. The molecule has 2 heterocycles. The van der Waals surface area contributed by atoms with Crippen LogP contribution in [-0.2, 0) is 11.3 Å². The monoisotopic (exact) mass is 300 g/mol. The normalized spacial score (nSPS) is 11.1. The molecule has 0 aromatic carbocycles. The van der Waals surface area contributed by atoms with Gasteiger partial charge in [-0.2, -0.15) is 9.97 Å². The van der Waals surface area contributed by atoms with E-state index in [4.69, 9.17) is 16.2 Å². The van der Waals surface area contributed by atoms with E-state index < -0.39 is 0 Å². The predicted molar refractivity (Wildman–Crippen MR) is 68.8 cm³/mol. The molecule has 2 aromatic heterocycles. The topological polar surface area (TPSA) is 105 Å². The highest BCUT2D eigenvalue weighted by atomic mass is 79.9. The van der Waals surface area contributed by atoms with Crippen LogP contribution in [0.5, 0.6) is 0 Å². The molecular formula is C9H13BrN6O. The van der Waals surface area contributed by atoms with E-state index in [1.807, 2.05) is 4.57 Å². The number of ether oxygens (including phenoxy) is 1. The molecule has 7 nitrogen and oxygen atoms in total. The van der Waals surface area contributed by atoms with Crippen molar-refractivity contribution in [2.75, 3.05) is 30.0 Å². The average molecular weight is 301 g/mol. The first kappa shape index (κ1) is 12.1. The van der Waals surface area contributed by atoms with E-state index >= 15 is 0 Å². The Balaban J connectivity index is 2.18. The summed E-state index contributed by atoms with van der Waals surface area (Å²) in [7, 11) is 0. The maximum absolute atomic E-state index is 5.70. The number of hydrogen-bond acceptors (Lipinski definition) is 6. The lowest BCUT2D eigenvalue weighted by molar-refractivity contribution is 0.142. The molecule has 0 aliphatic carbocycles. The van der Waals surface area contributed by atoms with Gasteiger partial charge in [0.15, 0.2) is 11.5 Å². The zero-order chi connectivity index (χ0) is 12.3. The number of halogens is 1. The van der Waals surface area contributed by atoms with Crippen LogP contribution in [0.2, 0.25) is 0 Å². The number of alkyl halides is 1. The molecule has 0 bridgehead atoms. The van der Waals surface area contributed by atoms with Gasteiger partial charge in [0.1, 0.15) is 5.52 Å². The summed E-state index contributed by atoms with van der Waals surface area (Å²) in [5, 5.41) is 0.819. The van der Waals surface area contributed by atoms with E-state index in [1.54, 1.807) is 6.33 Å². The fourth-order valence-electron chi connectivity index (χ4n) is 1.47. The van der Waals surface area contributed by atoms with Crippen LogP contribution in [0.25, 0.3) is 11.2 Å². The molecule has 0 aliphatic heterocycles. The Morgan fingerprint density at radius 1 is 1.29 bits per heavy atom. The lowest BCUT2D eigenvalue weighted by Crippen LogP contribution is -2.08. The molecule has 2 rings (SSSR count). The molecule has 0 amide bonds. The molecule has 2 aromatic rings. The maximum Gasteiger partial charge on any atom is 0.224 e. The zero-order valence-corrected chi connectivity index (χ0v) is 10.7. The lowest BCUT2D eigenvalue weighted by atomic mass is 10.5. The number of nitrogens with two attached hydrogens (primary N) is 2. The molecule has 0 spiro atoms. The number of fused-ring (bicyclic) bond motifs is 1. The van der Waals surface area contributed by atoms with Crippen LogP contribution in [0.15, 0.2) is 6.33 Å². The lowest BCUT2D eigenvalue weighted by Gasteiger charge is -2.04. The van der Waals surface area contributed by atoms with Gasteiger partial charge in [-0.05, 0) is 0 Å². The molecule has 0 radical (unpaired) electrons. The summed E-state index contributed by atoms with van der Waals surface area (Å²) >= 11 is 3.29. The number of nitrogens with zero attached hydrogens (tertiary/aromatic N) is 4.